The van der Waals surface area contributed by atoms with Crippen molar-refractivity contribution >= 4 is 5.97 Å². The fourth-order valence-corrected chi connectivity index (χ4v) is 2.15. The van der Waals surface area contributed by atoms with Gasteiger partial charge < -0.3 is 10.2 Å². The summed E-state index contributed by atoms with van der Waals surface area (Å²) >= 11 is 0. The molecule has 1 heterocycles. The molecule has 1 saturated heterocycles. The molecule has 0 radical (unpaired) electrons. The van der Waals surface area contributed by atoms with Gasteiger partial charge in [0, 0.05) is 19.6 Å². The number of carboxylic acids is 1. The zero-order valence-electron chi connectivity index (χ0n) is 9.79. The molecule has 15 heavy (non-hydrogen) atoms. The molecule has 0 bridgehead atoms. The summed E-state index contributed by atoms with van der Waals surface area (Å²) in [4.78, 5) is 12.9. The van der Waals surface area contributed by atoms with E-state index in [1.807, 2.05) is 11.8 Å². The summed E-state index contributed by atoms with van der Waals surface area (Å²) in [6.45, 7) is 7.20. The lowest BCUT2D eigenvalue weighted by molar-refractivity contribution is -0.154. The molecule has 88 valence electrons. The summed E-state index contributed by atoms with van der Waals surface area (Å²) in [5.74, 6) is -0.784. The Morgan fingerprint density at radius 1 is 1.47 bits per heavy atom. The summed E-state index contributed by atoms with van der Waals surface area (Å²) in [5, 5.41) is 18.9. The van der Waals surface area contributed by atoms with E-state index in [9.17, 15) is 9.90 Å². The second-order valence-corrected chi connectivity index (χ2v) is 5.31. The van der Waals surface area contributed by atoms with Crippen LogP contribution >= 0.6 is 0 Å². The Bertz CT molecular complexity index is 244. The highest BCUT2D eigenvalue weighted by Crippen LogP contribution is 2.29. The van der Waals surface area contributed by atoms with Crippen molar-refractivity contribution in [2.75, 3.05) is 19.6 Å². The summed E-state index contributed by atoms with van der Waals surface area (Å²) in [5.41, 5.74) is -1.29. The van der Waals surface area contributed by atoms with Gasteiger partial charge in [0.1, 0.15) is 0 Å². The maximum Gasteiger partial charge on any atom is 0.310 e. The van der Waals surface area contributed by atoms with Gasteiger partial charge in [-0.2, -0.15) is 0 Å². The molecule has 0 spiro atoms. The predicted octanol–water partition coefficient (Wildman–Crippen LogP) is 0.944. The number of hydrogen-bond donors (Lipinski definition) is 2. The fourth-order valence-electron chi connectivity index (χ4n) is 2.15. The molecule has 0 aliphatic carbocycles. The number of carbonyl (C=O) groups is 1. The minimum atomic E-state index is -0.784. The second kappa shape index (κ2) is 4.10. The molecular weight excluding hydrogens is 194 g/mol. The first-order valence-corrected chi connectivity index (χ1v) is 5.47. The first-order valence-electron chi connectivity index (χ1n) is 5.47. The second-order valence-electron chi connectivity index (χ2n) is 5.31. The van der Waals surface area contributed by atoms with Gasteiger partial charge in [-0.3, -0.25) is 9.69 Å². The van der Waals surface area contributed by atoms with Crippen LogP contribution in [0.1, 0.15) is 33.6 Å². The molecule has 1 aliphatic heterocycles. The monoisotopic (exact) mass is 215 g/mol. The first-order chi connectivity index (χ1) is 6.79. The molecule has 4 heteroatoms. The van der Waals surface area contributed by atoms with Gasteiger partial charge in [0.15, 0.2) is 0 Å². The van der Waals surface area contributed by atoms with E-state index in [4.69, 9.17) is 5.11 Å². The van der Waals surface area contributed by atoms with Crippen LogP contribution in [-0.2, 0) is 4.79 Å². The maximum absolute atomic E-state index is 10.9. The lowest BCUT2D eigenvalue weighted by atomic mass is 9.85. The van der Waals surface area contributed by atoms with Gasteiger partial charge in [-0.25, -0.2) is 0 Å². The number of rotatable bonds is 5. The van der Waals surface area contributed by atoms with Gasteiger partial charge >= 0.3 is 5.97 Å². The van der Waals surface area contributed by atoms with Crippen LogP contribution in [0.2, 0.25) is 0 Å². The molecule has 0 unspecified atom stereocenters. The maximum atomic E-state index is 10.9. The smallest absolute Gasteiger partial charge is 0.310 e. The lowest BCUT2D eigenvalue weighted by Gasteiger charge is -2.48. The van der Waals surface area contributed by atoms with E-state index < -0.39 is 17.0 Å². The van der Waals surface area contributed by atoms with Crippen molar-refractivity contribution in [1.29, 1.82) is 0 Å². The average molecular weight is 215 g/mol. The zero-order chi connectivity index (χ0) is 11.7. The molecule has 0 aromatic rings. The van der Waals surface area contributed by atoms with Gasteiger partial charge in [-0.1, -0.05) is 13.3 Å². The quantitative estimate of drug-likeness (QED) is 0.716. The average Bonchev–Trinajstić information content (AvgIpc) is 2.00. The van der Waals surface area contributed by atoms with Crippen LogP contribution in [0.3, 0.4) is 0 Å². The van der Waals surface area contributed by atoms with Gasteiger partial charge in [-0.05, 0) is 20.3 Å². The molecule has 2 N–H and O–H groups in total. The Kier molecular flexibility index (Phi) is 3.41. The predicted molar refractivity (Wildman–Crippen MR) is 57.7 cm³/mol. The third-order valence-electron chi connectivity index (χ3n) is 2.95. The van der Waals surface area contributed by atoms with E-state index in [-0.39, 0.29) is 0 Å². The van der Waals surface area contributed by atoms with Gasteiger partial charge in [0.2, 0.25) is 0 Å². The third kappa shape index (κ3) is 2.92. The van der Waals surface area contributed by atoms with Crippen LogP contribution in [0.15, 0.2) is 0 Å². The van der Waals surface area contributed by atoms with Crippen molar-refractivity contribution in [3.8, 4) is 0 Å². The molecule has 0 amide bonds. The van der Waals surface area contributed by atoms with Crippen molar-refractivity contribution in [2.45, 2.75) is 39.2 Å². The number of aliphatic hydroxyl groups is 1. The normalized spacial score (nSPS) is 21.1. The Hall–Kier alpha value is -0.610. The molecule has 1 aliphatic rings. The van der Waals surface area contributed by atoms with Crippen LogP contribution in [0.5, 0.6) is 0 Å². The van der Waals surface area contributed by atoms with Crippen molar-refractivity contribution in [1.82, 2.24) is 4.90 Å². The fraction of sp³-hybridized carbons (Fsp3) is 0.909. The highest BCUT2D eigenvalue weighted by Gasteiger charge is 2.43. The number of hydrogen-bond acceptors (Lipinski definition) is 3. The molecule has 1 fully saturated rings. The van der Waals surface area contributed by atoms with E-state index in [0.717, 1.165) is 12.8 Å². The SMILES string of the molecule is CCCC1(O)CN(CC(C)(C)C(=O)O)C1. The largest absolute Gasteiger partial charge is 0.481 e. The minimum absolute atomic E-state index is 0.508. The lowest BCUT2D eigenvalue weighted by Crippen LogP contribution is -2.63. The van der Waals surface area contributed by atoms with Crippen molar-refractivity contribution < 1.29 is 15.0 Å². The van der Waals surface area contributed by atoms with Crippen LogP contribution in [0.25, 0.3) is 0 Å². The topological polar surface area (TPSA) is 60.8 Å². The number of carboxylic acid groups (broad SMARTS) is 1. The van der Waals surface area contributed by atoms with Crippen molar-refractivity contribution in [3.05, 3.63) is 0 Å². The zero-order valence-corrected chi connectivity index (χ0v) is 9.79. The summed E-state index contributed by atoms with van der Waals surface area (Å²) in [7, 11) is 0. The van der Waals surface area contributed by atoms with E-state index >= 15 is 0 Å². The van der Waals surface area contributed by atoms with E-state index in [1.54, 1.807) is 13.8 Å². The highest BCUT2D eigenvalue weighted by molar-refractivity contribution is 5.73. The van der Waals surface area contributed by atoms with Crippen molar-refractivity contribution in [3.63, 3.8) is 0 Å². The molecule has 0 atom stereocenters. The molecule has 0 saturated carbocycles. The molecular formula is C11H21NO3. The summed E-state index contributed by atoms with van der Waals surface area (Å²) in [6, 6.07) is 0. The van der Waals surface area contributed by atoms with Crippen LogP contribution in [0.4, 0.5) is 0 Å². The van der Waals surface area contributed by atoms with E-state index in [0.29, 0.717) is 19.6 Å². The summed E-state index contributed by atoms with van der Waals surface area (Å²) < 4.78 is 0. The van der Waals surface area contributed by atoms with Crippen LogP contribution < -0.4 is 0 Å². The number of aliphatic carboxylic acids is 1. The van der Waals surface area contributed by atoms with Gasteiger partial charge in [0.05, 0.1) is 11.0 Å². The molecule has 0 aromatic heterocycles. The minimum Gasteiger partial charge on any atom is -0.481 e. The summed E-state index contributed by atoms with van der Waals surface area (Å²) in [6.07, 6.45) is 1.77. The number of likely N-dealkylation sites (tertiary alicyclic amines) is 1. The third-order valence-corrected chi connectivity index (χ3v) is 2.95. The first kappa shape index (κ1) is 12.5. The van der Waals surface area contributed by atoms with Gasteiger partial charge in [-0.15, -0.1) is 0 Å². The standard InChI is InChI=1S/C11H21NO3/c1-4-5-11(15)7-12(8-11)6-10(2,3)9(13)14/h15H,4-8H2,1-3H3,(H,13,14). The number of nitrogens with zero attached hydrogens (tertiary/aromatic N) is 1. The Labute approximate surface area is 90.9 Å². The van der Waals surface area contributed by atoms with Crippen LogP contribution in [-0.4, -0.2) is 46.3 Å². The van der Waals surface area contributed by atoms with Gasteiger partial charge in [0.25, 0.3) is 0 Å². The van der Waals surface area contributed by atoms with Crippen LogP contribution in [0, 0.1) is 5.41 Å². The molecule has 4 nitrogen and oxygen atoms in total. The molecule has 1 rings (SSSR count). The Morgan fingerprint density at radius 2 is 2.00 bits per heavy atom. The Morgan fingerprint density at radius 3 is 2.40 bits per heavy atom. The number of β-amino-alcohol motifs (C(OH)–C–C–N with tert-alkyl or cyclic N) is 1. The van der Waals surface area contributed by atoms with Crippen molar-refractivity contribution in [2.24, 2.45) is 5.41 Å². The molecule has 0 aromatic carbocycles. The van der Waals surface area contributed by atoms with E-state index in [1.165, 1.54) is 0 Å². The Balaban J connectivity index is 2.37. The van der Waals surface area contributed by atoms with E-state index in [2.05, 4.69) is 0 Å². The highest BCUT2D eigenvalue weighted by atomic mass is 16.4.